The lowest BCUT2D eigenvalue weighted by molar-refractivity contribution is -0.137. The Bertz CT molecular complexity index is 198. The first kappa shape index (κ1) is 9.93. The van der Waals surface area contributed by atoms with Gasteiger partial charge in [-0.05, 0) is 19.3 Å². The van der Waals surface area contributed by atoms with Crippen molar-refractivity contribution in [2.75, 3.05) is 32.9 Å². The van der Waals surface area contributed by atoms with Gasteiger partial charge >= 0.3 is 0 Å². The van der Waals surface area contributed by atoms with E-state index in [0.717, 1.165) is 32.5 Å². The SMILES string of the molecule is O=C(COCC1CO1)N1CCCCC1. The number of ether oxygens (including phenoxy) is 2. The second-order valence-electron chi connectivity index (χ2n) is 3.91. The van der Waals surface area contributed by atoms with E-state index in [9.17, 15) is 4.79 Å². The maximum absolute atomic E-state index is 11.6. The molecule has 0 aromatic rings. The van der Waals surface area contributed by atoms with Crippen LogP contribution in [0.25, 0.3) is 0 Å². The van der Waals surface area contributed by atoms with Gasteiger partial charge in [0.2, 0.25) is 5.91 Å². The molecule has 1 unspecified atom stereocenters. The van der Waals surface area contributed by atoms with E-state index in [1.54, 1.807) is 0 Å². The van der Waals surface area contributed by atoms with E-state index in [1.165, 1.54) is 6.42 Å². The van der Waals surface area contributed by atoms with E-state index < -0.39 is 0 Å². The molecular formula is C10H17NO3. The number of hydrogen-bond donors (Lipinski definition) is 0. The van der Waals surface area contributed by atoms with Crippen molar-refractivity contribution in [1.29, 1.82) is 0 Å². The van der Waals surface area contributed by atoms with E-state index in [-0.39, 0.29) is 18.6 Å². The van der Waals surface area contributed by atoms with Gasteiger partial charge in [0.25, 0.3) is 0 Å². The molecule has 2 rings (SSSR count). The van der Waals surface area contributed by atoms with Crippen LogP contribution in [0.15, 0.2) is 0 Å². The van der Waals surface area contributed by atoms with Crippen LogP contribution in [0.2, 0.25) is 0 Å². The Morgan fingerprint density at radius 1 is 1.36 bits per heavy atom. The van der Waals surface area contributed by atoms with Crippen LogP contribution in [0.5, 0.6) is 0 Å². The summed E-state index contributed by atoms with van der Waals surface area (Å²) in [6.45, 7) is 3.39. The Balaban J connectivity index is 1.60. The van der Waals surface area contributed by atoms with Crippen LogP contribution >= 0.6 is 0 Å². The predicted octanol–water partition coefficient (Wildman–Crippen LogP) is 0.414. The fourth-order valence-corrected chi connectivity index (χ4v) is 1.68. The monoisotopic (exact) mass is 199 g/mol. The highest BCUT2D eigenvalue weighted by Crippen LogP contribution is 2.10. The molecule has 0 radical (unpaired) electrons. The number of nitrogens with zero attached hydrogens (tertiary/aromatic N) is 1. The second-order valence-corrected chi connectivity index (χ2v) is 3.91. The number of carbonyl (C=O) groups excluding carboxylic acids is 1. The average molecular weight is 199 g/mol. The summed E-state index contributed by atoms with van der Waals surface area (Å²) in [5.41, 5.74) is 0. The highest BCUT2D eigenvalue weighted by atomic mass is 16.6. The summed E-state index contributed by atoms with van der Waals surface area (Å²) >= 11 is 0. The largest absolute Gasteiger partial charge is 0.371 e. The van der Waals surface area contributed by atoms with Gasteiger partial charge in [-0.15, -0.1) is 0 Å². The van der Waals surface area contributed by atoms with Gasteiger partial charge in [0.1, 0.15) is 12.7 Å². The zero-order chi connectivity index (χ0) is 9.80. The lowest BCUT2D eigenvalue weighted by atomic mass is 10.1. The molecule has 0 spiro atoms. The molecule has 80 valence electrons. The third kappa shape index (κ3) is 2.96. The van der Waals surface area contributed by atoms with Crippen LogP contribution in [-0.4, -0.2) is 49.8 Å². The molecule has 4 nitrogen and oxygen atoms in total. The van der Waals surface area contributed by atoms with Crippen molar-refractivity contribution < 1.29 is 14.3 Å². The van der Waals surface area contributed by atoms with Crippen LogP contribution < -0.4 is 0 Å². The molecule has 2 aliphatic rings. The van der Waals surface area contributed by atoms with Gasteiger partial charge in [0, 0.05) is 13.1 Å². The fraction of sp³-hybridized carbons (Fsp3) is 0.900. The lowest BCUT2D eigenvalue weighted by Gasteiger charge is -2.26. The number of carbonyl (C=O) groups is 1. The molecule has 0 bridgehead atoms. The van der Waals surface area contributed by atoms with Gasteiger partial charge in [-0.25, -0.2) is 0 Å². The van der Waals surface area contributed by atoms with Gasteiger partial charge in [0.05, 0.1) is 13.2 Å². The molecule has 2 heterocycles. The number of hydrogen-bond acceptors (Lipinski definition) is 3. The molecule has 0 aromatic heterocycles. The zero-order valence-electron chi connectivity index (χ0n) is 8.41. The van der Waals surface area contributed by atoms with Gasteiger partial charge in [0.15, 0.2) is 0 Å². The lowest BCUT2D eigenvalue weighted by Crippen LogP contribution is -2.38. The summed E-state index contributed by atoms with van der Waals surface area (Å²) in [7, 11) is 0. The van der Waals surface area contributed by atoms with Gasteiger partial charge in [-0.3, -0.25) is 4.79 Å². The summed E-state index contributed by atoms with van der Waals surface area (Å²) in [6, 6.07) is 0. The van der Waals surface area contributed by atoms with Crippen LogP contribution in [0.3, 0.4) is 0 Å². The van der Waals surface area contributed by atoms with Crippen molar-refractivity contribution in [1.82, 2.24) is 4.90 Å². The Hall–Kier alpha value is -0.610. The summed E-state index contributed by atoms with van der Waals surface area (Å²) in [4.78, 5) is 13.5. The summed E-state index contributed by atoms with van der Waals surface area (Å²) in [6.07, 6.45) is 3.78. The maximum atomic E-state index is 11.6. The molecule has 1 atom stereocenters. The van der Waals surface area contributed by atoms with E-state index in [1.807, 2.05) is 4.90 Å². The molecule has 1 amide bonds. The Morgan fingerprint density at radius 2 is 2.07 bits per heavy atom. The van der Waals surface area contributed by atoms with E-state index >= 15 is 0 Å². The number of piperidine rings is 1. The molecule has 2 saturated heterocycles. The first-order chi connectivity index (χ1) is 6.86. The molecule has 0 aliphatic carbocycles. The zero-order valence-corrected chi connectivity index (χ0v) is 8.41. The van der Waals surface area contributed by atoms with Crippen molar-refractivity contribution in [3.8, 4) is 0 Å². The van der Waals surface area contributed by atoms with Gasteiger partial charge < -0.3 is 14.4 Å². The maximum Gasteiger partial charge on any atom is 0.248 e. The van der Waals surface area contributed by atoms with Crippen molar-refractivity contribution in [3.63, 3.8) is 0 Å². The Labute approximate surface area is 84.2 Å². The predicted molar refractivity (Wildman–Crippen MR) is 51.0 cm³/mol. The molecule has 0 N–H and O–H groups in total. The average Bonchev–Trinajstić information content (AvgIpc) is 3.03. The molecule has 4 heteroatoms. The van der Waals surface area contributed by atoms with E-state index in [4.69, 9.17) is 9.47 Å². The molecule has 2 fully saturated rings. The minimum Gasteiger partial charge on any atom is -0.371 e. The van der Waals surface area contributed by atoms with Gasteiger partial charge in [-0.1, -0.05) is 0 Å². The van der Waals surface area contributed by atoms with Gasteiger partial charge in [-0.2, -0.15) is 0 Å². The third-order valence-electron chi connectivity index (χ3n) is 2.64. The first-order valence-corrected chi connectivity index (χ1v) is 5.33. The minimum atomic E-state index is 0.130. The topological polar surface area (TPSA) is 42.1 Å². The highest BCUT2D eigenvalue weighted by molar-refractivity contribution is 5.77. The third-order valence-corrected chi connectivity index (χ3v) is 2.64. The molecule has 2 aliphatic heterocycles. The van der Waals surface area contributed by atoms with Crippen LogP contribution in [-0.2, 0) is 14.3 Å². The van der Waals surface area contributed by atoms with Crippen LogP contribution in [0, 0.1) is 0 Å². The smallest absolute Gasteiger partial charge is 0.248 e. The van der Waals surface area contributed by atoms with Crippen LogP contribution in [0.4, 0.5) is 0 Å². The number of rotatable bonds is 4. The van der Waals surface area contributed by atoms with Crippen LogP contribution in [0.1, 0.15) is 19.3 Å². The van der Waals surface area contributed by atoms with Crippen molar-refractivity contribution in [2.24, 2.45) is 0 Å². The normalized spacial score (nSPS) is 26.3. The molecular weight excluding hydrogens is 182 g/mol. The molecule has 0 aromatic carbocycles. The number of likely N-dealkylation sites (tertiary alicyclic amines) is 1. The van der Waals surface area contributed by atoms with E-state index in [2.05, 4.69) is 0 Å². The Morgan fingerprint density at radius 3 is 2.71 bits per heavy atom. The molecule has 0 saturated carbocycles. The minimum absolute atomic E-state index is 0.130. The standard InChI is InChI=1S/C10H17NO3/c12-10(8-13-6-9-7-14-9)11-4-2-1-3-5-11/h9H,1-8H2. The number of epoxide rings is 1. The van der Waals surface area contributed by atoms with Crippen molar-refractivity contribution in [3.05, 3.63) is 0 Å². The summed E-state index contributed by atoms with van der Waals surface area (Å²) < 4.78 is 10.2. The van der Waals surface area contributed by atoms with Crippen molar-refractivity contribution in [2.45, 2.75) is 25.4 Å². The highest BCUT2D eigenvalue weighted by Gasteiger charge is 2.23. The number of amides is 1. The fourth-order valence-electron chi connectivity index (χ4n) is 1.68. The quantitative estimate of drug-likeness (QED) is 0.616. The molecule has 14 heavy (non-hydrogen) atoms. The van der Waals surface area contributed by atoms with E-state index in [0.29, 0.717) is 6.61 Å². The summed E-state index contributed by atoms with van der Waals surface area (Å²) in [5, 5.41) is 0. The second kappa shape index (κ2) is 4.75. The Kier molecular flexibility index (Phi) is 3.37. The summed E-state index contributed by atoms with van der Waals surface area (Å²) in [5.74, 6) is 0.130. The first-order valence-electron chi connectivity index (χ1n) is 5.33. The van der Waals surface area contributed by atoms with Crippen molar-refractivity contribution >= 4 is 5.91 Å².